The first-order chi connectivity index (χ1) is 7.65. The first kappa shape index (κ1) is 11.6. The summed E-state index contributed by atoms with van der Waals surface area (Å²) in [5.74, 6) is 0.138. The number of benzene rings is 1. The first-order valence-electron chi connectivity index (χ1n) is 5.43. The maximum Gasteiger partial charge on any atom is 0.221 e. The minimum absolute atomic E-state index is 0.138. The molecule has 0 radical (unpaired) electrons. The van der Waals surface area contributed by atoms with Crippen LogP contribution in [-0.2, 0) is 4.79 Å². The van der Waals surface area contributed by atoms with Crippen LogP contribution in [0.1, 0.15) is 24.9 Å². The average Bonchev–Trinajstić information content (AvgIpc) is 2.64. The Morgan fingerprint density at radius 2 is 2.38 bits per heavy atom. The van der Waals surface area contributed by atoms with E-state index >= 15 is 0 Å². The van der Waals surface area contributed by atoms with Gasteiger partial charge in [0.25, 0.3) is 0 Å². The second kappa shape index (κ2) is 4.97. The summed E-state index contributed by atoms with van der Waals surface area (Å²) in [5, 5.41) is 6.28. The minimum atomic E-state index is 0.138. The summed E-state index contributed by atoms with van der Waals surface area (Å²) in [4.78, 5) is 11.1. The smallest absolute Gasteiger partial charge is 0.221 e. The molecule has 0 spiro atoms. The second-order valence-corrected chi connectivity index (χ2v) is 5.06. The fourth-order valence-corrected chi connectivity index (χ4v) is 2.37. The Balaban J connectivity index is 1.97. The van der Waals surface area contributed by atoms with Gasteiger partial charge < -0.3 is 10.6 Å². The third-order valence-electron chi connectivity index (χ3n) is 2.81. The Bertz CT molecular complexity index is 394. The van der Waals surface area contributed by atoms with Crippen molar-refractivity contribution in [2.24, 2.45) is 0 Å². The van der Waals surface area contributed by atoms with Gasteiger partial charge in [0.15, 0.2) is 0 Å². The lowest BCUT2D eigenvalue weighted by molar-refractivity contribution is -0.119. The van der Waals surface area contributed by atoms with Crippen LogP contribution in [0, 0.1) is 0 Å². The largest absolute Gasteiger partial charge is 0.354 e. The van der Waals surface area contributed by atoms with Crippen molar-refractivity contribution in [3.8, 4) is 0 Å². The van der Waals surface area contributed by atoms with Gasteiger partial charge in [0, 0.05) is 29.5 Å². The monoisotopic (exact) mass is 282 g/mol. The molecule has 1 aromatic rings. The molecule has 1 aliphatic heterocycles. The highest BCUT2D eigenvalue weighted by molar-refractivity contribution is 9.10. The third kappa shape index (κ3) is 2.83. The van der Waals surface area contributed by atoms with E-state index < -0.39 is 0 Å². The molecule has 86 valence electrons. The van der Waals surface area contributed by atoms with E-state index in [0.717, 1.165) is 11.0 Å². The maximum absolute atomic E-state index is 11.1. The van der Waals surface area contributed by atoms with Gasteiger partial charge in [-0.1, -0.05) is 28.1 Å². The van der Waals surface area contributed by atoms with E-state index in [1.54, 1.807) is 0 Å². The Kier molecular flexibility index (Phi) is 3.61. The van der Waals surface area contributed by atoms with Crippen LogP contribution in [0.15, 0.2) is 28.7 Å². The van der Waals surface area contributed by atoms with E-state index in [1.807, 2.05) is 12.1 Å². The quantitative estimate of drug-likeness (QED) is 0.890. The molecule has 0 aliphatic carbocycles. The van der Waals surface area contributed by atoms with Crippen LogP contribution in [0.2, 0.25) is 0 Å². The molecule has 2 atom stereocenters. The summed E-state index contributed by atoms with van der Waals surface area (Å²) >= 11 is 3.46. The van der Waals surface area contributed by atoms with Crippen molar-refractivity contribution in [2.45, 2.75) is 25.4 Å². The van der Waals surface area contributed by atoms with Crippen molar-refractivity contribution >= 4 is 21.8 Å². The van der Waals surface area contributed by atoms with E-state index in [4.69, 9.17) is 0 Å². The van der Waals surface area contributed by atoms with Crippen LogP contribution in [0.5, 0.6) is 0 Å². The lowest BCUT2D eigenvalue weighted by Gasteiger charge is -2.18. The van der Waals surface area contributed by atoms with Gasteiger partial charge in [-0.15, -0.1) is 0 Å². The highest BCUT2D eigenvalue weighted by atomic mass is 79.9. The molecule has 0 bridgehead atoms. The fraction of sp³-hybridized carbons (Fsp3) is 0.417. The van der Waals surface area contributed by atoms with E-state index in [2.05, 4.69) is 45.6 Å². The topological polar surface area (TPSA) is 41.1 Å². The summed E-state index contributed by atoms with van der Waals surface area (Å²) in [6.45, 7) is 2.85. The van der Waals surface area contributed by atoms with Gasteiger partial charge >= 0.3 is 0 Å². The Morgan fingerprint density at radius 1 is 1.56 bits per heavy atom. The maximum atomic E-state index is 11.1. The molecule has 1 aromatic carbocycles. The average molecular weight is 283 g/mol. The zero-order valence-electron chi connectivity index (χ0n) is 9.16. The number of nitrogens with one attached hydrogen (secondary N) is 2. The van der Waals surface area contributed by atoms with Gasteiger partial charge in [0.2, 0.25) is 5.91 Å². The van der Waals surface area contributed by atoms with E-state index in [-0.39, 0.29) is 18.0 Å². The SMILES string of the molecule is CC(NC1CNC(=O)C1)c1cccc(Br)c1. The number of halogens is 1. The summed E-state index contributed by atoms with van der Waals surface area (Å²) < 4.78 is 1.08. The Labute approximate surface area is 104 Å². The summed E-state index contributed by atoms with van der Waals surface area (Å²) in [6.07, 6.45) is 0.582. The number of carbonyl (C=O) groups is 1. The molecule has 3 nitrogen and oxygen atoms in total. The Morgan fingerprint density at radius 3 is 3.00 bits per heavy atom. The van der Waals surface area contributed by atoms with Crippen molar-refractivity contribution in [1.82, 2.24) is 10.6 Å². The zero-order valence-corrected chi connectivity index (χ0v) is 10.8. The Hall–Kier alpha value is -0.870. The van der Waals surface area contributed by atoms with E-state index in [1.165, 1.54) is 5.56 Å². The summed E-state index contributed by atoms with van der Waals surface area (Å²) in [6, 6.07) is 8.73. The van der Waals surface area contributed by atoms with Crippen LogP contribution >= 0.6 is 15.9 Å². The zero-order chi connectivity index (χ0) is 11.5. The predicted octanol–water partition coefficient (Wildman–Crippen LogP) is 1.99. The van der Waals surface area contributed by atoms with Gasteiger partial charge in [-0.25, -0.2) is 0 Å². The van der Waals surface area contributed by atoms with Crippen molar-refractivity contribution in [3.63, 3.8) is 0 Å². The highest BCUT2D eigenvalue weighted by Gasteiger charge is 2.22. The molecule has 0 aromatic heterocycles. The normalized spacial score (nSPS) is 21.9. The molecule has 1 aliphatic rings. The van der Waals surface area contributed by atoms with Crippen LogP contribution < -0.4 is 10.6 Å². The minimum Gasteiger partial charge on any atom is -0.354 e. The molecule has 2 unspecified atom stereocenters. The molecule has 0 saturated carbocycles. The molecule has 1 heterocycles. The number of rotatable bonds is 3. The predicted molar refractivity (Wildman–Crippen MR) is 67.1 cm³/mol. The van der Waals surface area contributed by atoms with Crippen molar-refractivity contribution in [3.05, 3.63) is 34.3 Å². The van der Waals surface area contributed by atoms with Crippen LogP contribution in [-0.4, -0.2) is 18.5 Å². The summed E-state index contributed by atoms with van der Waals surface area (Å²) in [7, 11) is 0. The molecule has 1 amide bonds. The van der Waals surface area contributed by atoms with Gasteiger partial charge in [-0.2, -0.15) is 0 Å². The molecule has 2 rings (SSSR count). The first-order valence-corrected chi connectivity index (χ1v) is 6.22. The van der Waals surface area contributed by atoms with Gasteiger partial charge in [-0.05, 0) is 24.6 Å². The van der Waals surface area contributed by atoms with Crippen molar-refractivity contribution < 1.29 is 4.79 Å². The number of amides is 1. The van der Waals surface area contributed by atoms with Gasteiger partial charge in [0.1, 0.15) is 0 Å². The van der Waals surface area contributed by atoms with E-state index in [0.29, 0.717) is 6.42 Å². The molecular weight excluding hydrogens is 268 g/mol. The number of hydrogen-bond acceptors (Lipinski definition) is 2. The summed E-state index contributed by atoms with van der Waals surface area (Å²) in [5.41, 5.74) is 1.23. The number of carbonyl (C=O) groups excluding carboxylic acids is 1. The number of hydrogen-bond donors (Lipinski definition) is 2. The molecule has 2 N–H and O–H groups in total. The lowest BCUT2D eigenvalue weighted by Crippen LogP contribution is -2.33. The molecule has 1 fully saturated rings. The fourth-order valence-electron chi connectivity index (χ4n) is 1.95. The third-order valence-corrected chi connectivity index (χ3v) is 3.31. The van der Waals surface area contributed by atoms with Crippen molar-refractivity contribution in [2.75, 3.05) is 6.54 Å². The molecular formula is C12H15BrN2O. The van der Waals surface area contributed by atoms with Crippen LogP contribution in [0.4, 0.5) is 0 Å². The van der Waals surface area contributed by atoms with Gasteiger partial charge in [0.05, 0.1) is 0 Å². The lowest BCUT2D eigenvalue weighted by atomic mass is 10.1. The highest BCUT2D eigenvalue weighted by Crippen LogP contribution is 2.19. The van der Waals surface area contributed by atoms with Gasteiger partial charge in [-0.3, -0.25) is 4.79 Å². The van der Waals surface area contributed by atoms with Crippen LogP contribution in [0.25, 0.3) is 0 Å². The second-order valence-electron chi connectivity index (χ2n) is 4.15. The molecule has 1 saturated heterocycles. The van der Waals surface area contributed by atoms with E-state index in [9.17, 15) is 4.79 Å². The van der Waals surface area contributed by atoms with Crippen LogP contribution in [0.3, 0.4) is 0 Å². The molecule has 16 heavy (non-hydrogen) atoms. The standard InChI is InChI=1S/C12H15BrN2O/c1-8(9-3-2-4-10(13)5-9)15-11-6-12(16)14-7-11/h2-5,8,11,15H,6-7H2,1H3,(H,14,16). The molecule has 4 heteroatoms. The van der Waals surface area contributed by atoms with Crippen molar-refractivity contribution in [1.29, 1.82) is 0 Å².